The monoisotopic (exact) mass is 915 g/mol. The first-order chi connectivity index (χ1) is 30.8. The molecule has 3 unspecified atom stereocenters. The largest absolute Gasteiger partial charge is 0.472 e. The number of carbonyl (C=O) groups is 1. The zero-order valence-electron chi connectivity index (χ0n) is 41.3. The molecule has 374 valence electrons. The second-order valence-corrected chi connectivity index (χ2v) is 19.7. The molecule has 0 amide bonds. The van der Waals surface area contributed by atoms with E-state index in [2.05, 4.69) is 38.2 Å². The van der Waals surface area contributed by atoms with Gasteiger partial charge in [0.1, 0.15) is 12.2 Å². The molecule has 0 saturated heterocycles. The molecule has 0 spiro atoms. The topological polar surface area (TPSA) is 132 Å². The molecule has 63 heavy (non-hydrogen) atoms. The van der Waals surface area contributed by atoms with Crippen molar-refractivity contribution in [2.75, 3.05) is 33.0 Å². The molecule has 0 aliphatic rings. The molecule has 0 rings (SSSR count). The van der Waals surface area contributed by atoms with Crippen LogP contribution in [0.5, 0.6) is 0 Å². The van der Waals surface area contributed by atoms with Gasteiger partial charge < -0.3 is 24.6 Å². The van der Waals surface area contributed by atoms with Crippen LogP contribution in [0.3, 0.4) is 0 Å². The zero-order chi connectivity index (χ0) is 46.0. The summed E-state index contributed by atoms with van der Waals surface area (Å²) in [6, 6.07) is 0. The average molecular weight is 915 g/mol. The van der Waals surface area contributed by atoms with Crippen molar-refractivity contribution in [1.29, 1.82) is 0 Å². The molecule has 0 fully saturated rings. The number of unbranched alkanes of at least 4 members (excludes halogenated alkanes) is 34. The summed E-state index contributed by atoms with van der Waals surface area (Å²) < 4.78 is 33.6. The highest BCUT2D eigenvalue weighted by Gasteiger charge is 2.26. The molecule has 10 heteroatoms. The van der Waals surface area contributed by atoms with Gasteiger partial charge >= 0.3 is 13.8 Å². The molecule has 0 radical (unpaired) electrons. The van der Waals surface area contributed by atoms with Crippen LogP contribution in [0.15, 0.2) is 24.3 Å². The van der Waals surface area contributed by atoms with Crippen molar-refractivity contribution >= 4 is 13.8 Å². The highest BCUT2D eigenvalue weighted by Crippen LogP contribution is 2.43. The van der Waals surface area contributed by atoms with Gasteiger partial charge in [-0.1, -0.05) is 218 Å². The van der Waals surface area contributed by atoms with Crippen LogP contribution in [0, 0.1) is 0 Å². The maximum atomic E-state index is 12.7. The van der Waals surface area contributed by atoms with Gasteiger partial charge in [0.05, 0.1) is 26.4 Å². The van der Waals surface area contributed by atoms with Crippen LogP contribution in [0.1, 0.15) is 264 Å². The molecule has 9 nitrogen and oxygen atoms in total. The number of aliphatic hydroxyl groups excluding tert-OH is 2. The molecule has 0 aromatic heterocycles. The molecule has 3 atom stereocenters. The van der Waals surface area contributed by atoms with Gasteiger partial charge in [-0.3, -0.25) is 13.8 Å². The first kappa shape index (κ1) is 61.9. The molecule has 0 saturated carbocycles. The van der Waals surface area contributed by atoms with E-state index in [9.17, 15) is 19.4 Å². The fourth-order valence-corrected chi connectivity index (χ4v) is 8.55. The minimum atomic E-state index is -4.52. The predicted molar refractivity (Wildman–Crippen MR) is 265 cm³/mol. The molecule has 0 bridgehead atoms. The van der Waals surface area contributed by atoms with Crippen molar-refractivity contribution in [3.05, 3.63) is 24.3 Å². The normalized spacial score (nSPS) is 13.9. The summed E-state index contributed by atoms with van der Waals surface area (Å²) in [6.45, 7) is 3.56. The lowest BCUT2D eigenvalue weighted by Gasteiger charge is -2.20. The van der Waals surface area contributed by atoms with Crippen molar-refractivity contribution in [3.8, 4) is 0 Å². The number of ether oxygens (including phenoxy) is 2. The summed E-state index contributed by atoms with van der Waals surface area (Å²) in [6.07, 6.45) is 55.8. The number of hydrogen-bond donors (Lipinski definition) is 3. The molecular formula is C53H103O9P. The number of phosphoric acid groups is 1. The Morgan fingerprint density at radius 3 is 1.19 bits per heavy atom. The first-order valence-corrected chi connectivity index (χ1v) is 28.3. The summed E-state index contributed by atoms with van der Waals surface area (Å²) in [5.41, 5.74) is 0. The standard InChI is InChI=1S/C53H103O9P/c1-3-5-7-9-11-13-15-17-19-21-23-24-25-26-27-28-30-32-34-36-38-40-42-44-46-59-49-52(50-61-63(57,58)60-48-51(55)47-54)62-53(56)45-43-41-39-37-35-33-31-29-22-20-18-16-14-12-10-8-6-4-2/h20-23,51-52,54-55H,3-19,24-50H2,1-2H3,(H,57,58)/b22-20-,23-21-. The summed E-state index contributed by atoms with van der Waals surface area (Å²) >= 11 is 0. The summed E-state index contributed by atoms with van der Waals surface area (Å²) in [5.74, 6) is -0.382. The van der Waals surface area contributed by atoms with E-state index in [4.69, 9.17) is 23.6 Å². The zero-order valence-corrected chi connectivity index (χ0v) is 42.2. The predicted octanol–water partition coefficient (Wildman–Crippen LogP) is 15.8. The number of hydrogen-bond acceptors (Lipinski definition) is 8. The maximum Gasteiger partial charge on any atom is 0.472 e. The Balaban J connectivity index is 4.01. The Kier molecular flexibility index (Phi) is 49.5. The van der Waals surface area contributed by atoms with E-state index in [0.717, 1.165) is 44.9 Å². The lowest BCUT2D eigenvalue weighted by Crippen LogP contribution is -2.29. The van der Waals surface area contributed by atoms with Crippen LogP contribution in [0.25, 0.3) is 0 Å². The Labute approximate surface area is 389 Å². The van der Waals surface area contributed by atoms with Gasteiger partial charge in [-0.15, -0.1) is 0 Å². The van der Waals surface area contributed by atoms with Crippen molar-refractivity contribution in [2.24, 2.45) is 0 Å². The van der Waals surface area contributed by atoms with Gasteiger partial charge in [-0.05, 0) is 64.2 Å². The molecule has 0 aliphatic carbocycles. The second kappa shape index (κ2) is 50.4. The molecule has 3 N–H and O–H groups in total. The fourth-order valence-electron chi connectivity index (χ4n) is 7.76. The third-order valence-corrected chi connectivity index (χ3v) is 12.8. The summed E-state index contributed by atoms with van der Waals surface area (Å²) in [4.78, 5) is 22.7. The van der Waals surface area contributed by atoms with Crippen LogP contribution in [-0.4, -0.2) is 66.3 Å². The number of allylic oxidation sites excluding steroid dienone is 4. The third kappa shape index (κ3) is 50.2. The van der Waals surface area contributed by atoms with E-state index in [1.807, 2.05) is 0 Å². The second-order valence-electron chi connectivity index (χ2n) is 18.2. The van der Waals surface area contributed by atoms with E-state index in [1.54, 1.807) is 0 Å². The quantitative estimate of drug-likeness (QED) is 0.0236. The van der Waals surface area contributed by atoms with Crippen LogP contribution in [-0.2, 0) is 27.9 Å². The molecule has 0 heterocycles. The summed E-state index contributed by atoms with van der Waals surface area (Å²) in [5, 5.41) is 18.4. The van der Waals surface area contributed by atoms with E-state index >= 15 is 0 Å². The van der Waals surface area contributed by atoms with E-state index in [-0.39, 0.29) is 25.6 Å². The van der Waals surface area contributed by atoms with E-state index in [1.165, 1.54) is 199 Å². The number of phosphoric ester groups is 1. The fraction of sp³-hybridized carbons (Fsp3) is 0.906. The number of carbonyl (C=O) groups excluding carboxylic acids is 1. The third-order valence-electron chi connectivity index (χ3n) is 11.9. The summed E-state index contributed by atoms with van der Waals surface area (Å²) in [7, 11) is -4.52. The SMILES string of the molecule is CCCCCCCCC/C=C\CCCCCCCCCC(=O)OC(COCCCCCCCCCCCCCC/C=C\CCCCCCCCCC)COP(=O)(O)OCC(O)CO. The smallest absolute Gasteiger partial charge is 0.457 e. The Morgan fingerprint density at radius 1 is 0.476 bits per heavy atom. The minimum Gasteiger partial charge on any atom is -0.457 e. The van der Waals surface area contributed by atoms with Gasteiger partial charge in [-0.25, -0.2) is 4.57 Å². The van der Waals surface area contributed by atoms with Crippen molar-refractivity contribution in [3.63, 3.8) is 0 Å². The number of aliphatic hydroxyl groups is 2. The van der Waals surface area contributed by atoms with E-state index in [0.29, 0.717) is 6.61 Å². The molecule has 0 aliphatic heterocycles. The lowest BCUT2D eigenvalue weighted by atomic mass is 10.0. The minimum absolute atomic E-state index is 0.0510. The lowest BCUT2D eigenvalue weighted by molar-refractivity contribution is -0.154. The van der Waals surface area contributed by atoms with Crippen molar-refractivity contribution in [2.45, 2.75) is 276 Å². The number of rotatable bonds is 52. The van der Waals surface area contributed by atoms with Gasteiger partial charge in [-0.2, -0.15) is 0 Å². The Bertz CT molecular complexity index is 1040. The van der Waals surface area contributed by atoms with Crippen molar-refractivity contribution < 1.29 is 43.0 Å². The molecule has 0 aromatic carbocycles. The van der Waals surface area contributed by atoms with E-state index < -0.39 is 33.2 Å². The van der Waals surface area contributed by atoms with Crippen LogP contribution in [0.2, 0.25) is 0 Å². The van der Waals surface area contributed by atoms with Gasteiger partial charge in [0.25, 0.3) is 0 Å². The molecular weight excluding hydrogens is 812 g/mol. The highest BCUT2D eigenvalue weighted by molar-refractivity contribution is 7.47. The highest BCUT2D eigenvalue weighted by atomic mass is 31.2. The van der Waals surface area contributed by atoms with Crippen LogP contribution in [0.4, 0.5) is 0 Å². The van der Waals surface area contributed by atoms with Gasteiger partial charge in [0, 0.05) is 13.0 Å². The average Bonchev–Trinajstić information content (AvgIpc) is 3.28. The van der Waals surface area contributed by atoms with Crippen molar-refractivity contribution in [1.82, 2.24) is 0 Å². The Hall–Kier alpha value is -1.06. The van der Waals surface area contributed by atoms with Gasteiger partial charge in [0.2, 0.25) is 0 Å². The van der Waals surface area contributed by atoms with Crippen LogP contribution < -0.4 is 0 Å². The number of esters is 1. The molecule has 0 aromatic rings. The van der Waals surface area contributed by atoms with Gasteiger partial charge in [0.15, 0.2) is 0 Å². The Morgan fingerprint density at radius 2 is 0.810 bits per heavy atom. The first-order valence-electron chi connectivity index (χ1n) is 26.8. The maximum absolute atomic E-state index is 12.7. The van der Waals surface area contributed by atoms with Crippen LogP contribution >= 0.6 is 7.82 Å².